The lowest BCUT2D eigenvalue weighted by molar-refractivity contribution is -0.137. The van der Waals surface area contributed by atoms with Crippen LogP contribution < -0.4 is 16.0 Å². The van der Waals surface area contributed by atoms with Gasteiger partial charge < -0.3 is 16.0 Å². The van der Waals surface area contributed by atoms with Gasteiger partial charge in [-0.25, -0.2) is 4.79 Å². The first-order chi connectivity index (χ1) is 11.5. The average Bonchev–Trinajstić information content (AvgIpc) is 2.82. The summed E-state index contributed by atoms with van der Waals surface area (Å²) in [6, 6.07) is -0.428. The van der Waals surface area contributed by atoms with E-state index in [4.69, 9.17) is 0 Å². The zero-order valence-corrected chi connectivity index (χ0v) is 15.6. The Hall–Kier alpha value is -1.34. The van der Waals surface area contributed by atoms with Crippen LogP contribution in [0.3, 0.4) is 0 Å². The van der Waals surface area contributed by atoms with Crippen LogP contribution in [0.15, 0.2) is 0 Å². The van der Waals surface area contributed by atoms with Crippen LogP contribution in [-0.2, 0) is 9.59 Å². The summed E-state index contributed by atoms with van der Waals surface area (Å²) in [6.45, 7) is 4.37. The molecular formula is C17H29ClN4O3. The molecule has 3 fully saturated rings. The SMILES string of the molecule is CC1CCCCC12NC(=O)N(CC(=O)NCC1CCCNC1)C2=O.Cl. The topological polar surface area (TPSA) is 90.5 Å². The molecule has 8 heteroatoms. The van der Waals surface area contributed by atoms with Gasteiger partial charge in [-0.05, 0) is 50.6 Å². The van der Waals surface area contributed by atoms with Gasteiger partial charge in [-0.1, -0.05) is 19.8 Å². The van der Waals surface area contributed by atoms with Gasteiger partial charge in [0, 0.05) is 6.54 Å². The van der Waals surface area contributed by atoms with Crippen molar-refractivity contribution in [1.29, 1.82) is 0 Å². The predicted molar refractivity (Wildman–Crippen MR) is 96.5 cm³/mol. The Bertz CT molecular complexity index is 524. The second kappa shape index (κ2) is 8.36. The van der Waals surface area contributed by atoms with Crippen molar-refractivity contribution in [2.75, 3.05) is 26.2 Å². The number of carbonyl (C=O) groups is 3. The molecule has 25 heavy (non-hydrogen) atoms. The maximum atomic E-state index is 12.8. The van der Waals surface area contributed by atoms with E-state index in [1.54, 1.807) is 0 Å². The molecule has 0 bridgehead atoms. The lowest BCUT2D eigenvalue weighted by Crippen LogP contribution is -2.54. The summed E-state index contributed by atoms with van der Waals surface area (Å²) in [5.41, 5.74) is -0.789. The number of nitrogens with one attached hydrogen (secondary N) is 3. The van der Waals surface area contributed by atoms with Crippen molar-refractivity contribution >= 4 is 30.3 Å². The summed E-state index contributed by atoms with van der Waals surface area (Å²) < 4.78 is 0. The number of carbonyl (C=O) groups excluding carboxylic acids is 3. The molecule has 0 aromatic rings. The molecule has 7 nitrogen and oxygen atoms in total. The molecule has 2 saturated heterocycles. The van der Waals surface area contributed by atoms with Gasteiger partial charge in [0.1, 0.15) is 12.1 Å². The van der Waals surface area contributed by atoms with Gasteiger partial charge in [0.05, 0.1) is 0 Å². The quantitative estimate of drug-likeness (QED) is 0.643. The summed E-state index contributed by atoms with van der Waals surface area (Å²) >= 11 is 0. The molecule has 3 N–H and O–H groups in total. The molecule has 2 aliphatic heterocycles. The van der Waals surface area contributed by atoms with Gasteiger partial charge in [-0.3, -0.25) is 14.5 Å². The van der Waals surface area contributed by atoms with E-state index in [0.717, 1.165) is 50.1 Å². The van der Waals surface area contributed by atoms with Crippen molar-refractivity contribution < 1.29 is 14.4 Å². The van der Waals surface area contributed by atoms with E-state index < -0.39 is 11.6 Å². The van der Waals surface area contributed by atoms with Crippen molar-refractivity contribution in [3.8, 4) is 0 Å². The zero-order valence-electron chi connectivity index (χ0n) is 14.8. The normalized spacial score (nSPS) is 32.3. The van der Waals surface area contributed by atoms with Crippen LogP contribution in [0.4, 0.5) is 4.79 Å². The third-order valence-electron chi connectivity index (χ3n) is 5.79. The van der Waals surface area contributed by atoms with Crippen LogP contribution in [0.2, 0.25) is 0 Å². The van der Waals surface area contributed by atoms with Crippen LogP contribution >= 0.6 is 12.4 Å². The van der Waals surface area contributed by atoms with E-state index in [1.807, 2.05) is 6.92 Å². The second-order valence-corrected chi connectivity index (χ2v) is 7.46. The van der Waals surface area contributed by atoms with Crippen molar-refractivity contribution in [1.82, 2.24) is 20.9 Å². The molecule has 1 spiro atoms. The van der Waals surface area contributed by atoms with E-state index in [2.05, 4.69) is 16.0 Å². The Kier molecular flexibility index (Phi) is 6.68. The Balaban J connectivity index is 0.00000225. The van der Waals surface area contributed by atoms with Gasteiger partial charge in [0.2, 0.25) is 5.91 Å². The predicted octanol–water partition coefficient (Wildman–Crippen LogP) is 1.02. The number of urea groups is 1. The highest BCUT2D eigenvalue weighted by Gasteiger charge is 2.55. The van der Waals surface area contributed by atoms with E-state index in [9.17, 15) is 14.4 Å². The largest absolute Gasteiger partial charge is 0.354 e. The summed E-state index contributed by atoms with van der Waals surface area (Å²) in [6.07, 6.45) is 5.84. The molecule has 0 aromatic heterocycles. The summed E-state index contributed by atoms with van der Waals surface area (Å²) in [5.74, 6) is 0.0540. The highest BCUT2D eigenvalue weighted by molar-refractivity contribution is 6.09. The fourth-order valence-electron chi connectivity index (χ4n) is 4.19. The summed E-state index contributed by atoms with van der Waals surface area (Å²) in [7, 11) is 0. The van der Waals surface area contributed by atoms with Gasteiger partial charge in [-0.2, -0.15) is 0 Å². The first-order valence-electron chi connectivity index (χ1n) is 9.14. The minimum atomic E-state index is -0.789. The van der Waals surface area contributed by atoms with E-state index in [1.165, 1.54) is 0 Å². The first kappa shape index (κ1) is 20.0. The van der Waals surface area contributed by atoms with Gasteiger partial charge >= 0.3 is 6.03 Å². The van der Waals surface area contributed by atoms with Gasteiger partial charge in [0.25, 0.3) is 5.91 Å². The Labute approximate surface area is 155 Å². The minimum Gasteiger partial charge on any atom is -0.354 e. The van der Waals surface area contributed by atoms with E-state index in [0.29, 0.717) is 18.9 Å². The van der Waals surface area contributed by atoms with Crippen molar-refractivity contribution in [3.05, 3.63) is 0 Å². The maximum absolute atomic E-state index is 12.8. The fourth-order valence-corrected chi connectivity index (χ4v) is 4.19. The highest BCUT2D eigenvalue weighted by Crippen LogP contribution is 2.38. The molecular weight excluding hydrogens is 344 g/mol. The van der Waals surface area contributed by atoms with Gasteiger partial charge in [-0.15, -0.1) is 12.4 Å². The fraction of sp³-hybridized carbons (Fsp3) is 0.824. The molecule has 1 saturated carbocycles. The van der Waals surface area contributed by atoms with Crippen LogP contribution in [-0.4, -0.2) is 54.5 Å². The number of hydrogen-bond donors (Lipinski definition) is 3. The number of amides is 4. The second-order valence-electron chi connectivity index (χ2n) is 7.46. The average molecular weight is 373 g/mol. The van der Waals surface area contributed by atoms with E-state index >= 15 is 0 Å². The molecule has 2 heterocycles. The Morgan fingerprint density at radius 1 is 1.28 bits per heavy atom. The summed E-state index contributed by atoms with van der Waals surface area (Å²) in [5, 5.41) is 9.06. The Morgan fingerprint density at radius 3 is 2.76 bits per heavy atom. The number of piperidine rings is 1. The van der Waals surface area contributed by atoms with Crippen molar-refractivity contribution in [3.63, 3.8) is 0 Å². The van der Waals surface area contributed by atoms with Crippen LogP contribution in [0.25, 0.3) is 0 Å². The molecule has 4 amide bonds. The van der Waals surface area contributed by atoms with Crippen LogP contribution in [0.5, 0.6) is 0 Å². The van der Waals surface area contributed by atoms with Crippen molar-refractivity contribution in [2.24, 2.45) is 11.8 Å². The molecule has 1 aliphatic carbocycles. The molecule has 142 valence electrons. The molecule has 0 radical (unpaired) electrons. The van der Waals surface area contributed by atoms with E-state index in [-0.39, 0.29) is 36.7 Å². The molecule has 3 unspecified atom stereocenters. The molecule has 3 rings (SSSR count). The number of nitrogens with zero attached hydrogens (tertiary/aromatic N) is 1. The number of hydrogen-bond acceptors (Lipinski definition) is 4. The minimum absolute atomic E-state index is 0. The van der Waals surface area contributed by atoms with Crippen molar-refractivity contribution in [2.45, 2.75) is 51.0 Å². The third kappa shape index (κ3) is 4.08. The molecule has 3 aliphatic rings. The number of rotatable bonds is 4. The smallest absolute Gasteiger partial charge is 0.325 e. The number of imide groups is 1. The number of halogens is 1. The highest BCUT2D eigenvalue weighted by atomic mass is 35.5. The zero-order chi connectivity index (χ0) is 17.2. The lowest BCUT2D eigenvalue weighted by atomic mass is 9.73. The Morgan fingerprint density at radius 2 is 2.08 bits per heavy atom. The van der Waals surface area contributed by atoms with Crippen LogP contribution in [0, 0.1) is 11.8 Å². The monoisotopic (exact) mass is 372 g/mol. The maximum Gasteiger partial charge on any atom is 0.325 e. The summed E-state index contributed by atoms with van der Waals surface area (Å²) in [4.78, 5) is 38.3. The lowest BCUT2D eigenvalue weighted by Gasteiger charge is -2.36. The molecule has 3 atom stereocenters. The molecule has 0 aromatic carbocycles. The first-order valence-corrected chi connectivity index (χ1v) is 9.14. The standard InChI is InChI=1S/C17H28N4O3.ClH/c1-12-5-2-3-7-17(12)15(23)21(16(24)20-17)11-14(22)19-10-13-6-4-8-18-9-13;/h12-13,18H,2-11H2,1H3,(H,19,22)(H,20,24);1H. The van der Waals surface area contributed by atoms with Crippen LogP contribution in [0.1, 0.15) is 45.4 Å². The third-order valence-corrected chi connectivity index (χ3v) is 5.79. The van der Waals surface area contributed by atoms with Gasteiger partial charge in [0.15, 0.2) is 0 Å².